The average molecular weight is 335 g/mol. The fourth-order valence-electron chi connectivity index (χ4n) is 2.52. The Balaban J connectivity index is 1.86. The van der Waals surface area contributed by atoms with Crippen LogP contribution in [0.15, 0.2) is 60.1 Å². The molecule has 120 valence electrons. The zero-order valence-corrected chi connectivity index (χ0v) is 14.2. The molecule has 0 unspecified atom stereocenters. The summed E-state index contributed by atoms with van der Waals surface area (Å²) in [5.74, 6) is -0.0333. The van der Waals surface area contributed by atoms with Crippen molar-refractivity contribution < 1.29 is 4.79 Å². The maximum absolute atomic E-state index is 12.9. The lowest BCUT2D eigenvalue weighted by molar-refractivity contribution is 0.0728. The molecule has 0 aliphatic heterocycles. The highest BCUT2D eigenvalue weighted by Crippen LogP contribution is 2.17. The summed E-state index contributed by atoms with van der Waals surface area (Å²) in [7, 11) is 1.98. The minimum absolute atomic E-state index is 0.0333. The van der Waals surface area contributed by atoms with E-state index in [-0.39, 0.29) is 5.91 Å². The molecule has 5 heteroatoms. The fourth-order valence-corrected chi connectivity index (χ4v) is 3.24. The summed E-state index contributed by atoms with van der Waals surface area (Å²) < 4.78 is 2.02. The predicted molar refractivity (Wildman–Crippen MR) is 94.5 cm³/mol. The maximum atomic E-state index is 12.9. The van der Waals surface area contributed by atoms with Crippen LogP contribution in [0.1, 0.15) is 26.5 Å². The van der Waals surface area contributed by atoms with Crippen LogP contribution in [-0.4, -0.2) is 15.4 Å². The summed E-state index contributed by atoms with van der Waals surface area (Å²) >= 11 is 1.64. The van der Waals surface area contributed by atoms with Crippen molar-refractivity contribution in [3.05, 3.63) is 81.8 Å². The summed E-state index contributed by atoms with van der Waals surface area (Å²) in [5.41, 5.74) is 2.23. The highest BCUT2D eigenvalue weighted by atomic mass is 32.1. The van der Waals surface area contributed by atoms with Crippen LogP contribution in [-0.2, 0) is 20.1 Å². The van der Waals surface area contributed by atoms with E-state index in [4.69, 9.17) is 5.26 Å². The molecule has 0 aliphatic carbocycles. The van der Waals surface area contributed by atoms with Gasteiger partial charge in [0.25, 0.3) is 5.91 Å². The highest BCUT2D eigenvalue weighted by molar-refractivity contribution is 7.09. The summed E-state index contributed by atoms with van der Waals surface area (Å²) in [6.07, 6.45) is 1.98. The number of hydrogen-bond acceptors (Lipinski definition) is 3. The lowest BCUT2D eigenvalue weighted by atomic mass is 10.1. The van der Waals surface area contributed by atoms with Crippen molar-refractivity contribution in [3.8, 4) is 6.07 Å². The standard InChI is InChI=1S/C19H17N3OS/c1-21-10-2-4-17(21)13-22(14-18-5-3-11-24-18)19(23)16-8-6-15(12-20)7-9-16/h2-11H,13-14H2,1H3. The van der Waals surface area contributed by atoms with Gasteiger partial charge in [-0.15, -0.1) is 11.3 Å². The molecule has 0 saturated carbocycles. The Kier molecular flexibility index (Phi) is 4.78. The molecule has 0 bridgehead atoms. The van der Waals surface area contributed by atoms with Crippen LogP contribution in [0.25, 0.3) is 0 Å². The van der Waals surface area contributed by atoms with E-state index >= 15 is 0 Å². The third-order valence-corrected chi connectivity index (χ3v) is 4.74. The number of nitrogens with zero attached hydrogens (tertiary/aromatic N) is 3. The predicted octanol–water partition coefficient (Wildman–Crippen LogP) is 3.80. The third kappa shape index (κ3) is 3.55. The van der Waals surface area contributed by atoms with Gasteiger partial charge in [-0.05, 0) is 47.8 Å². The van der Waals surface area contributed by atoms with Gasteiger partial charge < -0.3 is 9.47 Å². The Hall–Kier alpha value is -2.84. The van der Waals surface area contributed by atoms with Crippen LogP contribution in [0.4, 0.5) is 0 Å². The van der Waals surface area contributed by atoms with Gasteiger partial charge in [-0.1, -0.05) is 6.07 Å². The molecule has 0 fully saturated rings. The normalized spacial score (nSPS) is 10.3. The highest BCUT2D eigenvalue weighted by Gasteiger charge is 2.18. The largest absolute Gasteiger partial charge is 0.353 e. The van der Waals surface area contributed by atoms with Crippen molar-refractivity contribution in [2.45, 2.75) is 13.1 Å². The first-order valence-electron chi connectivity index (χ1n) is 7.59. The first kappa shape index (κ1) is 16.0. The number of carbonyl (C=O) groups is 1. The number of hydrogen-bond donors (Lipinski definition) is 0. The monoisotopic (exact) mass is 335 g/mol. The number of thiophene rings is 1. The molecule has 0 atom stereocenters. The number of rotatable bonds is 5. The van der Waals surface area contributed by atoms with Gasteiger partial charge in [-0.25, -0.2) is 0 Å². The molecular formula is C19H17N3OS. The Morgan fingerprint density at radius 3 is 2.54 bits per heavy atom. The third-order valence-electron chi connectivity index (χ3n) is 3.88. The Morgan fingerprint density at radius 1 is 1.17 bits per heavy atom. The molecular weight excluding hydrogens is 318 g/mol. The molecule has 0 N–H and O–H groups in total. The van der Waals surface area contributed by atoms with Crippen molar-refractivity contribution in [2.24, 2.45) is 7.05 Å². The molecule has 24 heavy (non-hydrogen) atoms. The maximum Gasteiger partial charge on any atom is 0.254 e. The molecule has 2 heterocycles. The van der Waals surface area contributed by atoms with E-state index < -0.39 is 0 Å². The Labute approximate surface area is 145 Å². The molecule has 1 amide bonds. The Bertz CT molecular complexity index is 857. The smallest absolute Gasteiger partial charge is 0.254 e. The number of aryl methyl sites for hydroxylation is 1. The van der Waals surface area contributed by atoms with Gasteiger partial charge in [0, 0.05) is 29.4 Å². The SMILES string of the molecule is Cn1cccc1CN(Cc1cccs1)C(=O)c1ccc(C#N)cc1. The fraction of sp³-hybridized carbons (Fsp3) is 0.158. The van der Waals surface area contributed by atoms with E-state index in [1.165, 1.54) is 0 Å². The van der Waals surface area contributed by atoms with Crippen molar-refractivity contribution in [1.29, 1.82) is 5.26 Å². The lowest BCUT2D eigenvalue weighted by Crippen LogP contribution is -2.30. The average Bonchev–Trinajstić information content (AvgIpc) is 3.26. The first-order chi connectivity index (χ1) is 11.7. The molecule has 0 radical (unpaired) electrons. The summed E-state index contributed by atoms with van der Waals surface area (Å²) in [6, 6.07) is 16.9. The minimum Gasteiger partial charge on any atom is -0.353 e. The molecule has 4 nitrogen and oxygen atoms in total. The van der Waals surface area contributed by atoms with Gasteiger partial charge in [0.15, 0.2) is 0 Å². The van der Waals surface area contributed by atoms with Crippen LogP contribution in [0, 0.1) is 11.3 Å². The van der Waals surface area contributed by atoms with Crippen molar-refractivity contribution in [3.63, 3.8) is 0 Å². The van der Waals surface area contributed by atoms with Crippen LogP contribution in [0.3, 0.4) is 0 Å². The van der Waals surface area contributed by atoms with Crippen LogP contribution < -0.4 is 0 Å². The Morgan fingerprint density at radius 2 is 1.96 bits per heavy atom. The summed E-state index contributed by atoms with van der Waals surface area (Å²) in [5, 5.41) is 10.9. The zero-order chi connectivity index (χ0) is 16.9. The van der Waals surface area contributed by atoms with E-state index in [2.05, 4.69) is 6.07 Å². The lowest BCUT2D eigenvalue weighted by Gasteiger charge is -2.22. The van der Waals surface area contributed by atoms with E-state index in [0.29, 0.717) is 24.2 Å². The van der Waals surface area contributed by atoms with Crippen molar-refractivity contribution in [2.75, 3.05) is 0 Å². The van der Waals surface area contributed by atoms with Crippen molar-refractivity contribution >= 4 is 17.2 Å². The first-order valence-corrected chi connectivity index (χ1v) is 8.47. The molecule has 3 aromatic rings. The second-order valence-electron chi connectivity index (χ2n) is 5.54. The molecule has 2 aromatic heterocycles. The number of amides is 1. The molecule has 0 saturated heterocycles. The van der Waals surface area contributed by atoms with Crippen LogP contribution in [0.2, 0.25) is 0 Å². The summed E-state index contributed by atoms with van der Waals surface area (Å²) in [4.78, 5) is 15.9. The topological polar surface area (TPSA) is 49.0 Å². The number of nitriles is 1. The van der Waals surface area contributed by atoms with Gasteiger partial charge in [0.2, 0.25) is 0 Å². The number of carbonyl (C=O) groups excluding carboxylic acids is 1. The molecule has 3 rings (SSSR count). The second kappa shape index (κ2) is 7.16. The minimum atomic E-state index is -0.0333. The van der Waals surface area contributed by atoms with Gasteiger partial charge in [-0.3, -0.25) is 4.79 Å². The molecule has 0 aliphatic rings. The van der Waals surface area contributed by atoms with E-state index in [0.717, 1.165) is 10.6 Å². The number of aromatic nitrogens is 1. The van der Waals surface area contributed by atoms with Gasteiger partial charge in [0.05, 0.1) is 24.7 Å². The second-order valence-corrected chi connectivity index (χ2v) is 6.57. The van der Waals surface area contributed by atoms with E-state index in [1.54, 1.807) is 35.6 Å². The van der Waals surface area contributed by atoms with Gasteiger partial charge >= 0.3 is 0 Å². The quantitative estimate of drug-likeness (QED) is 0.712. The van der Waals surface area contributed by atoms with Crippen molar-refractivity contribution in [1.82, 2.24) is 9.47 Å². The molecule has 1 aromatic carbocycles. The number of benzene rings is 1. The van der Waals surface area contributed by atoms with Gasteiger partial charge in [-0.2, -0.15) is 5.26 Å². The molecule has 0 spiro atoms. The van der Waals surface area contributed by atoms with Gasteiger partial charge in [0.1, 0.15) is 0 Å². The summed E-state index contributed by atoms with van der Waals surface area (Å²) in [6.45, 7) is 1.11. The van der Waals surface area contributed by atoms with E-state index in [9.17, 15) is 4.79 Å². The van der Waals surface area contributed by atoms with Crippen LogP contribution in [0.5, 0.6) is 0 Å². The van der Waals surface area contributed by atoms with E-state index in [1.807, 2.05) is 52.4 Å². The zero-order valence-electron chi connectivity index (χ0n) is 13.3. The van der Waals surface area contributed by atoms with Crippen LogP contribution >= 0.6 is 11.3 Å².